The summed E-state index contributed by atoms with van der Waals surface area (Å²) in [6.45, 7) is 6.42. The van der Waals surface area contributed by atoms with Crippen molar-refractivity contribution >= 4 is 5.97 Å². The van der Waals surface area contributed by atoms with Gasteiger partial charge in [0.2, 0.25) is 0 Å². The number of carbonyl (C=O) groups is 1. The zero-order valence-corrected chi connectivity index (χ0v) is 12.6. The summed E-state index contributed by atoms with van der Waals surface area (Å²) in [6.07, 6.45) is 8.59. The number of hydrogen-bond donors (Lipinski definition) is 1. The Labute approximate surface area is 112 Å². The fourth-order valence-electron chi connectivity index (χ4n) is 2.43. The standard InChI is InChI=1S/C15H31NO2/c1-5-7-8-9-10-11-15(3,13(16)6-2)12-14(17)18-4/h13H,5-12,16H2,1-4H3. The lowest BCUT2D eigenvalue weighted by Crippen LogP contribution is -2.41. The van der Waals surface area contributed by atoms with E-state index in [1.54, 1.807) is 0 Å². The van der Waals surface area contributed by atoms with E-state index in [4.69, 9.17) is 10.5 Å². The Balaban J connectivity index is 4.25. The minimum absolute atomic E-state index is 0.0720. The van der Waals surface area contributed by atoms with Gasteiger partial charge in [-0.25, -0.2) is 0 Å². The largest absolute Gasteiger partial charge is 0.469 e. The van der Waals surface area contributed by atoms with Gasteiger partial charge in [0, 0.05) is 6.04 Å². The van der Waals surface area contributed by atoms with Gasteiger partial charge < -0.3 is 10.5 Å². The highest BCUT2D eigenvalue weighted by atomic mass is 16.5. The Morgan fingerprint density at radius 1 is 1.22 bits per heavy atom. The van der Waals surface area contributed by atoms with Crippen LogP contribution in [0.5, 0.6) is 0 Å². The lowest BCUT2D eigenvalue weighted by Gasteiger charge is -2.34. The predicted octanol–water partition coefficient (Wildman–Crippen LogP) is 3.65. The minimum Gasteiger partial charge on any atom is -0.469 e. The molecule has 2 N–H and O–H groups in total. The normalized spacial score (nSPS) is 16.1. The summed E-state index contributed by atoms with van der Waals surface area (Å²) >= 11 is 0. The highest BCUT2D eigenvalue weighted by Crippen LogP contribution is 2.33. The van der Waals surface area contributed by atoms with E-state index in [-0.39, 0.29) is 17.4 Å². The summed E-state index contributed by atoms with van der Waals surface area (Å²) < 4.78 is 4.79. The van der Waals surface area contributed by atoms with Crippen molar-refractivity contribution in [2.24, 2.45) is 11.1 Å². The van der Waals surface area contributed by atoms with Crippen molar-refractivity contribution in [3.05, 3.63) is 0 Å². The molecule has 0 saturated carbocycles. The van der Waals surface area contributed by atoms with Crippen LogP contribution in [0.4, 0.5) is 0 Å². The molecule has 2 atom stereocenters. The van der Waals surface area contributed by atoms with Crippen molar-refractivity contribution in [2.45, 2.75) is 78.2 Å². The molecule has 18 heavy (non-hydrogen) atoms. The molecule has 0 bridgehead atoms. The molecule has 0 fully saturated rings. The molecule has 0 saturated heterocycles. The van der Waals surface area contributed by atoms with Crippen LogP contribution in [0.3, 0.4) is 0 Å². The quantitative estimate of drug-likeness (QED) is 0.480. The Morgan fingerprint density at radius 3 is 2.33 bits per heavy atom. The molecular formula is C15H31NO2. The zero-order valence-electron chi connectivity index (χ0n) is 12.6. The molecule has 3 nitrogen and oxygen atoms in total. The molecule has 2 unspecified atom stereocenters. The van der Waals surface area contributed by atoms with Crippen molar-refractivity contribution in [2.75, 3.05) is 7.11 Å². The van der Waals surface area contributed by atoms with Crippen LogP contribution in [-0.2, 0) is 9.53 Å². The van der Waals surface area contributed by atoms with Gasteiger partial charge >= 0.3 is 5.97 Å². The summed E-state index contributed by atoms with van der Waals surface area (Å²) in [6, 6.07) is 0.0720. The number of rotatable bonds is 10. The second-order valence-corrected chi connectivity index (χ2v) is 5.59. The van der Waals surface area contributed by atoms with Crippen molar-refractivity contribution in [1.29, 1.82) is 0 Å². The van der Waals surface area contributed by atoms with Gasteiger partial charge in [-0.1, -0.05) is 52.9 Å². The first-order valence-electron chi connectivity index (χ1n) is 7.32. The zero-order chi connectivity index (χ0) is 14.0. The van der Waals surface area contributed by atoms with Crippen LogP contribution in [-0.4, -0.2) is 19.1 Å². The van der Waals surface area contributed by atoms with Crippen LogP contribution in [0.2, 0.25) is 0 Å². The topological polar surface area (TPSA) is 52.3 Å². The number of unbranched alkanes of at least 4 members (excludes halogenated alkanes) is 4. The van der Waals surface area contributed by atoms with Crippen molar-refractivity contribution in [1.82, 2.24) is 0 Å². The lowest BCUT2D eigenvalue weighted by atomic mass is 9.74. The first kappa shape index (κ1) is 17.4. The first-order valence-corrected chi connectivity index (χ1v) is 7.32. The fraction of sp³-hybridized carbons (Fsp3) is 0.933. The van der Waals surface area contributed by atoms with Gasteiger partial charge in [0.25, 0.3) is 0 Å². The van der Waals surface area contributed by atoms with E-state index >= 15 is 0 Å². The van der Waals surface area contributed by atoms with Gasteiger partial charge in [-0.2, -0.15) is 0 Å². The molecule has 0 aliphatic rings. The Bertz CT molecular complexity index is 231. The molecule has 0 aliphatic heterocycles. The number of ether oxygens (including phenoxy) is 1. The summed E-state index contributed by atoms with van der Waals surface area (Å²) in [5.41, 5.74) is 6.07. The molecule has 0 spiro atoms. The van der Waals surface area contributed by atoms with Crippen molar-refractivity contribution < 1.29 is 9.53 Å². The van der Waals surface area contributed by atoms with Crippen molar-refractivity contribution in [3.8, 4) is 0 Å². The maximum Gasteiger partial charge on any atom is 0.306 e. The van der Waals surface area contributed by atoms with Crippen LogP contribution in [0.25, 0.3) is 0 Å². The molecule has 0 radical (unpaired) electrons. The number of carbonyl (C=O) groups excluding carboxylic acids is 1. The van der Waals surface area contributed by atoms with Gasteiger partial charge in [-0.15, -0.1) is 0 Å². The fourth-order valence-corrected chi connectivity index (χ4v) is 2.43. The first-order chi connectivity index (χ1) is 8.50. The van der Waals surface area contributed by atoms with E-state index in [1.165, 1.54) is 32.8 Å². The second kappa shape index (κ2) is 9.37. The van der Waals surface area contributed by atoms with E-state index in [0.717, 1.165) is 19.3 Å². The van der Waals surface area contributed by atoms with Crippen LogP contribution in [0.15, 0.2) is 0 Å². The summed E-state index contributed by atoms with van der Waals surface area (Å²) in [7, 11) is 1.45. The van der Waals surface area contributed by atoms with Crippen LogP contribution in [0.1, 0.15) is 72.1 Å². The summed E-state index contributed by atoms with van der Waals surface area (Å²) in [5.74, 6) is -0.144. The molecule has 0 amide bonds. The minimum atomic E-state index is -0.144. The van der Waals surface area contributed by atoms with E-state index < -0.39 is 0 Å². The van der Waals surface area contributed by atoms with Crippen molar-refractivity contribution in [3.63, 3.8) is 0 Å². The molecule has 108 valence electrons. The number of methoxy groups -OCH3 is 1. The van der Waals surface area contributed by atoms with E-state index in [0.29, 0.717) is 6.42 Å². The molecule has 0 aromatic heterocycles. The van der Waals surface area contributed by atoms with Gasteiger partial charge in [0.15, 0.2) is 0 Å². The lowest BCUT2D eigenvalue weighted by molar-refractivity contribution is -0.143. The monoisotopic (exact) mass is 257 g/mol. The van der Waals surface area contributed by atoms with E-state index in [2.05, 4.69) is 20.8 Å². The molecule has 0 aliphatic carbocycles. The molecule has 0 aromatic rings. The average molecular weight is 257 g/mol. The van der Waals surface area contributed by atoms with Crippen LogP contribution < -0.4 is 5.73 Å². The molecule has 0 rings (SSSR count). The molecule has 0 heterocycles. The highest BCUT2D eigenvalue weighted by molar-refractivity contribution is 5.70. The van der Waals surface area contributed by atoms with E-state index in [1.807, 2.05) is 0 Å². The highest BCUT2D eigenvalue weighted by Gasteiger charge is 2.33. The third-order valence-corrected chi connectivity index (χ3v) is 3.96. The Kier molecular flexibility index (Phi) is 9.08. The van der Waals surface area contributed by atoms with Crippen LogP contribution >= 0.6 is 0 Å². The van der Waals surface area contributed by atoms with Crippen LogP contribution in [0, 0.1) is 5.41 Å². The van der Waals surface area contributed by atoms with Gasteiger partial charge in [-0.05, 0) is 18.3 Å². The smallest absolute Gasteiger partial charge is 0.306 e. The molecule has 0 aromatic carbocycles. The van der Waals surface area contributed by atoms with Gasteiger partial charge in [0.05, 0.1) is 13.5 Å². The second-order valence-electron chi connectivity index (χ2n) is 5.59. The SMILES string of the molecule is CCCCCCCC(C)(CC(=O)OC)C(N)CC. The Morgan fingerprint density at radius 2 is 1.83 bits per heavy atom. The number of esters is 1. The third-order valence-electron chi connectivity index (χ3n) is 3.96. The maximum absolute atomic E-state index is 11.5. The Hall–Kier alpha value is -0.570. The average Bonchev–Trinajstić information content (AvgIpc) is 2.37. The molecule has 3 heteroatoms. The summed E-state index contributed by atoms with van der Waals surface area (Å²) in [5, 5.41) is 0. The van der Waals surface area contributed by atoms with Gasteiger partial charge in [-0.3, -0.25) is 4.79 Å². The number of hydrogen-bond acceptors (Lipinski definition) is 3. The van der Waals surface area contributed by atoms with E-state index in [9.17, 15) is 4.79 Å². The predicted molar refractivity (Wildman–Crippen MR) is 76.4 cm³/mol. The number of nitrogens with two attached hydrogens (primary N) is 1. The maximum atomic E-state index is 11.5. The third kappa shape index (κ3) is 6.39. The summed E-state index contributed by atoms with van der Waals surface area (Å²) in [4.78, 5) is 11.5. The van der Waals surface area contributed by atoms with Gasteiger partial charge in [0.1, 0.15) is 0 Å². The molecular weight excluding hydrogens is 226 g/mol.